The number of thiophene rings is 1. The highest BCUT2D eigenvalue weighted by Crippen LogP contribution is 2.51. The Bertz CT molecular complexity index is 976. The normalized spacial score (nSPS) is 27.4. The predicted molar refractivity (Wildman–Crippen MR) is 120 cm³/mol. The number of fused-ring (bicyclic) bond motifs is 2. The van der Waals surface area contributed by atoms with Crippen molar-refractivity contribution in [3.63, 3.8) is 0 Å². The number of carbonyl (C=O) groups is 2. The van der Waals surface area contributed by atoms with Crippen molar-refractivity contribution in [1.29, 1.82) is 0 Å². The molecule has 2 amide bonds. The van der Waals surface area contributed by atoms with E-state index in [0.717, 1.165) is 35.9 Å². The summed E-state index contributed by atoms with van der Waals surface area (Å²) in [6.45, 7) is 5.83. The maximum Gasteiger partial charge on any atom is 0.262 e. The maximum absolute atomic E-state index is 14.8. The number of alkyl halides is 1. The van der Waals surface area contributed by atoms with Gasteiger partial charge in [-0.3, -0.25) is 9.59 Å². The summed E-state index contributed by atoms with van der Waals surface area (Å²) in [5, 5.41) is 1.92. The maximum atomic E-state index is 14.8. The molecule has 5 nitrogen and oxygen atoms in total. The second-order valence-corrected chi connectivity index (χ2v) is 11.6. The Kier molecular flexibility index (Phi) is 5.90. The first kappa shape index (κ1) is 21.7. The van der Waals surface area contributed by atoms with Crippen LogP contribution in [0.1, 0.15) is 54.8 Å². The highest BCUT2D eigenvalue weighted by Gasteiger charge is 2.39. The van der Waals surface area contributed by atoms with Crippen molar-refractivity contribution >= 4 is 41.4 Å². The van der Waals surface area contributed by atoms with Crippen molar-refractivity contribution in [1.82, 2.24) is 10.2 Å². The molecule has 0 saturated carbocycles. The lowest BCUT2D eigenvalue weighted by atomic mass is 9.95. The molecule has 2 fully saturated rings. The Hall–Kier alpha value is -1.56. The van der Waals surface area contributed by atoms with E-state index in [1.54, 1.807) is 24.3 Å². The Labute approximate surface area is 181 Å². The minimum atomic E-state index is -1.80. The number of carbonyl (C=O) groups excluding carboxylic acids is 2. The van der Waals surface area contributed by atoms with Crippen molar-refractivity contribution in [2.75, 3.05) is 13.2 Å². The van der Waals surface area contributed by atoms with E-state index in [9.17, 15) is 18.9 Å². The van der Waals surface area contributed by atoms with E-state index in [1.165, 1.54) is 24.9 Å². The van der Waals surface area contributed by atoms with Gasteiger partial charge in [0, 0.05) is 17.3 Å². The Morgan fingerprint density at radius 2 is 2.10 bits per heavy atom. The Balaban J connectivity index is 1.54. The summed E-state index contributed by atoms with van der Waals surface area (Å²) in [4.78, 5) is 38.2. The largest absolute Gasteiger partial charge is 0.370 e. The van der Waals surface area contributed by atoms with E-state index in [4.69, 9.17) is 0 Å². The lowest BCUT2D eigenvalue weighted by Crippen LogP contribution is -2.48. The third kappa shape index (κ3) is 3.88. The molecule has 5 atom stereocenters. The van der Waals surface area contributed by atoms with E-state index in [1.807, 2.05) is 4.90 Å². The van der Waals surface area contributed by atoms with Gasteiger partial charge < -0.3 is 15.1 Å². The molecule has 2 aromatic rings. The fourth-order valence-corrected chi connectivity index (χ4v) is 6.05. The van der Waals surface area contributed by atoms with Crippen LogP contribution in [0, 0.1) is 5.92 Å². The van der Waals surface area contributed by atoms with E-state index in [-0.39, 0.29) is 11.8 Å². The van der Waals surface area contributed by atoms with Crippen LogP contribution in [0.5, 0.6) is 0 Å². The molecule has 2 aliphatic heterocycles. The minimum absolute atomic E-state index is 0.0334. The predicted octanol–water partition coefficient (Wildman–Crippen LogP) is 4.58. The monoisotopic (exact) mass is 450 g/mol. The third-order valence-corrected chi connectivity index (χ3v) is 9.22. The molecule has 2 saturated heterocycles. The molecule has 0 aliphatic carbocycles. The van der Waals surface area contributed by atoms with E-state index in [2.05, 4.69) is 12.2 Å². The average molecular weight is 451 g/mol. The summed E-state index contributed by atoms with van der Waals surface area (Å²) in [6.07, 6.45) is 3.66. The molecule has 162 valence electrons. The number of nitrogens with one attached hydrogen (secondary N) is 1. The van der Waals surface area contributed by atoms with Crippen LogP contribution in [0.3, 0.4) is 0 Å². The fraction of sp³-hybridized carbons (Fsp3) is 0.545. The van der Waals surface area contributed by atoms with Crippen molar-refractivity contribution in [3.8, 4) is 0 Å². The third-order valence-electron chi connectivity index (χ3n) is 6.63. The first-order valence-electron chi connectivity index (χ1n) is 10.5. The van der Waals surface area contributed by atoms with Gasteiger partial charge in [0.25, 0.3) is 5.91 Å². The SMILES string of the molecule is CC1CC[C@H](NC(=O)c2cc3cc(C(C)(F)P(C)O)ccc3s2)C(=O)N2CCC[C@H]12. The second-order valence-electron chi connectivity index (χ2n) is 8.66. The lowest BCUT2D eigenvalue weighted by Gasteiger charge is -2.27. The highest BCUT2D eigenvalue weighted by atomic mass is 32.1. The van der Waals surface area contributed by atoms with E-state index in [0.29, 0.717) is 28.8 Å². The van der Waals surface area contributed by atoms with Crippen molar-refractivity contribution in [2.45, 2.75) is 57.0 Å². The molecule has 4 rings (SSSR count). The van der Waals surface area contributed by atoms with Gasteiger partial charge in [-0.1, -0.05) is 13.0 Å². The number of rotatable bonds is 4. The quantitative estimate of drug-likeness (QED) is 0.670. The second kappa shape index (κ2) is 8.18. The molecule has 8 heteroatoms. The Morgan fingerprint density at radius 3 is 2.83 bits per heavy atom. The number of nitrogens with zero attached hydrogens (tertiary/aromatic N) is 1. The summed E-state index contributed by atoms with van der Waals surface area (Å²) in [6, 6.07) is 6.70. The van der Waals surface area contributed by atoms with Crippen molar-refractivity contribution in [3.05, 3.63) is 34.7 Å². The molecular weight excluding hydrogens is 422 g/mol. The van der Waals surface area contributed by atoms with Crippen LogP contribution in [0.4, 0.5) is 4.39 Å². The summed E-state index contributed by atoms with van der Waals surface area (Å²) >= 11 is 1.33. The smallest absolute Gasteiger partial charge is 0.262 e. The molecule has 2 aliphatic rings. The van der Waals surface area contributed by atoms with Gasteiger partial charge in [0.15, 0.2) is 5.41 Å². The molecule has 0 bridgehead atoms. The summed E-state index contributed by atoms with van der Waals surface area (Å²) in [5.74, 6) is 0.224. The number of halogens is 1. The van der Waals surface area contributed by atoms with Crippen LogP contribution < -0.4 is 5.32 Å². The van der Waals surface area contributed by atoms with Crippen LogP contribution in [0.25, 0.3) is 10.1 Å². The van der Waals surface area contributed by atoms with Crippen LogP contribution in [-0.2, 0) is 10.2 Å². The molecular formula is C22H28FN2O3PS. The molecule has 30 heavy (non-hydrogen) atoms. The summed E-state index contributed by atoms with van der Waals surface area (Å²) in [5.41, 5.74) is 0.406. The molecule has 0 spiro atoms. The minimum Gasteiger partial charge on any atom is -0.370 e. The van der Waals surface area contributed by atoms with Gasteiger partial charge in [-0.15, -0.1) is 11.3 Å². The van der Waals surface area contributed by atoms with Gasteiger partial charge in [0.2, 0.25) is 5.91 Å². The number of hydrogen-bond donors (Lipinski definition) is 2. The zero-order valence-corrected chi connectivity index (χ0v) is 19.2. The van der Waals surface area contributed by atoms with Gasteiger partial charge in [-0.2, -0.15) is 0 Å². The van der Waals surface area contributed by atoms with Gasteiger partial charge in [-0.25, -0.2) is 4.39 Å². The molecule has 3 unspecified atom stereocenters. The first-order valence-corrected chi connectivity index (χ1v) is 13.0. The molecule has 3 heterocycles. The van der Waals surface area contributed by atoms with Gasteiger partial charge in [0.1, 0.15) is 6.04 Å². The molecule has 0 radical (unpaired) electrons. The zero-order chi connectivity index (χ0) is 21.6. The van der Waals surface area contributed by atoms with Crippen LogP contribution in [0.2, 0.25) is 0 Å². The van der Waals surface area contributed by atoms with Crippen molar-refractivity contribution in [2.24, 2.45) is 5.92 Å². The summed E-state index contributed by atoms with van der Waals surface area (Å²) < 4.78 is 15.7. The van der Waals surface area contributed by atoms with E-state index >= 15 is 0 Å². The fourth-order valence-electron chi connectivity index (χ4n) is 4.59. The zero-order valence-electron chi connectivity index (χ0n) is 17.5. The van der Waals surface area contributed by atoms with Crippen LogP contribution in [-0.4, -0.2) is 46.9 Å². The number of benzene rings is 1. The van der Waals surface area contributed by atoms with E-state index < -0.39 is 19.6 Å². The highest BCUT2D eigenvalue weighted by molar-refractivity contribution is 7.51. The average Bonchev–Trinajstić information content (AvgIpc) is 3.34. The molecule has 2 N–H and O–H groups in total. The standard InChI is InChI=1S/C22H28FN2O3PS/c1-13-6-8-16(21(27)25-10-4-5-17(13)25)24-20(26)19-12-14-11-15(7-9-18(14)30-19)22(2,23)29(3)28/h7,9,11-13,16-17,28H,4-6,8,10H2,1-3H3,(H,24,26)/t13?,16-,17+,22?,29?/m0/s1. The van der Waals surface area contributed by atoms with Crippen molar-refractivity contribution < 1.29 is 18.9 Å². The number of amides is 2. The van der Waals surface area contributed by atoms with Gasteiger partial charge >= 0.3 is 0 Å². The molecule has 1 aromatic carbocycles. The van der Waals surface area contributed by atoms with Crippen LogP contribution >= 0.6 is 19.5 Å². The first-order chi connectivity index (χ1) is 14.2. The summed E-state index contributed by atoms with van der Waals surface area (Å²) in [7, 11) is -1.79. The number of hydrogen-bond acceptors (Lipinski definition) is 4. The van der Waals surface area contributed by atoms with Gasteiger partial charge in [-0.05, 0) is 74.3 Å². The van der Waals surface area contributed by atoms with Crippen LogP contribution in [0.15, 0.2) is 24.3 Å². The lowest BCUT2D eigenvalue weighted by molar-refractivity contribution is -0.133. The molecule has 1 aromatic heterocycles. The topological polar surface area (TPSA) is 69.6 Å². The Morgan fingerprint density at radius 1 is 1.33 bits per heavy atom. The van der Waals surface area contributed by atoms with Gasteiger partial charge in [0.05, 0.1) is 13.0 Å².